The van der Waals surface area contributed by atoms with Gasteiger partial charge < -0.3 is 10.2 Å². The van der Waals surface area contributed by atoms with Gasteiger partial charge in [-0.2, -0.15) is 0 Å². The Labute approximate surface area is 249 Å². The van der Waals surface area contributed by atoms with Crippen LogP contribution in [0.4, 0.5) is 10.1 Å². The molecule has 0 saturated heterocycles. The summed E-state index contributed by atoms with van der Waals surface area (Å²) in [5.74, 6) is 1.18. The van der Waals surface area contributed by atoms with E-state index in [0.717, 1.165) is 28.3 Å². The van der Waals surface area contributed by atoms with Gasteiger partial charge >= 0.3 is 0 Å². The standard InChI is InChI=1S/C33H44FN3O4S/c1-5-30(32(39)35-22(2)3)36(20-23-6-10-28(34)11-7-23)31(38)21-37(42(4,40)41)29-12-8-27(9-13-29)33-17-24-14-25(18-33)16-26(15-24)19-33/h6-13,22,24-26,30H,5,14-21H2,1-4H3,(H,35,39). The molecule has 0 aliphatic heterocycles. The Morgan fingerprint density at radius 2 is 1.50 bits per heavy atom. The quantitative estimate of drug-likeness (QED) is 0.376. The monoisotopic (exact) mass is 597 g/mol. The Kier molecular flexibility index (Phi) is 8.70. The van der Waals surface area contributed by atoms with E-state index in [1.54, 1.807) is 12.1 Å². The van der Waals surface area contributed by atoms with Crippen LogP contribution in [0.1, 0.15) is 76.8 Å². The van der Waals surface area contributed by atoms with E-state index in [0.29, 0.717) is 17.7 Å². The van der Waals surface area contributed by atoms with Crippen molar-refractivity contribution in [2.45, 2.75) is 89.8 Å². The van der Waals surface area contributed by atoms with Crippen LogP contribution >= 0.6 is 0 Å². The van der Waals surface area contributed by atoms with Gasteiger partial charge in [0.25, 0.3) is 0 Å². The summed E-state index contributed by atoms with van der Waals surface area (Å²) in [6.07, 6.45) is 9.12. The predicted molar refractivity (Wildman–Crippen MR) is 163 cm³/mol. The largest absolute Gasteiger partial charge is 0.352 e. The number of halogens is 1. The fourth-order valence-electron chi connectivity index (χ4n) is 8.15. The molecule has 4 aliphatic rings. The lowest BCUT2D eigenvalue weighted by molar-refractivity contribution is -0.140. The Hall–Kier alpha value is -2.94. The number of amides is 2. The maximum Gasteiger partial charge on any atom is 0.244 e. The second-order valence-electron chi connectivity index (χ2n) is 13.2. The summed E-state index contributed by atoms with van der Waals surface area (Å²) in [5.41, 5.74) is 2.54. The van der Waals surface area contributed by atoms with Gasteiger partial charge in [-0.1, -0.05) is 31.2 Å². The molecule has 2 aromatic carbocycles. The highest BCUT2D eigenvalue weighted by Gasteiger charge is 2.51. The molecule has 4 fully saturated rings. The van der Waals surface area contributed by atoms with Crippen LogP contribution in [0.15, 0.2) is 48.5 Å². The van der Waals surface area contributed by atoms with Crippen LogP contribution < -0.4 is 9.62 Å². The van der Waals surface area contributed by atoms with Crippen molar-refractivity contribution in [1.82, 2.24) is 10.2 Å². The van der Waals surface area contributed by atoms with Gasteiger partial charge in [-0.15, -0.1) is 0 Å². The fraction of sp³-hybridized carbons (Fsp3) is 0.576. The fourth-order valence-corrected chi connectivity index (χ4v) is 9.00. The van der Waals surface area contributed by atoms with Crippen molar-refractivity contribution >= 4 is 27.5 Å². The highest BCUT2D eigenvalue weighted by atomic mass is 32.2. The van der Waals surface area contributed by atoms with E-state index in [4.69, 9.17) is 0 Å². The number of hydrogen-bond donors (Lipinski definition) is 1. The second kappa shape index (κ2) is 12.0. The molecular weight excluding hydrogens is 553 g/mol. The van der Waals surface area contributed by atoms with Gasteiger partial charge in [0.1, 0.15) is 18.4 Å². The lowest BCUT2D eigenvalue weighted by Gasteiger charge is -2.57. The van der Waals surface area contributed by atoms with Crippen molar-refractivity contribution in [1.29, 1.82) is 0 Å². The van der Waals surface area contributed by atoms with Crippen molar-refractivity contribution in [3.63, 3.8) is 0 Å². The molecule has 1 unspecified atom stereocenters. The minimum absolute atomic E-state index is 0.0473. The Morgan fingerprint density at radius 3 is 1.98 bits per heavy atom. The van der Waals surface area contributed by atoms with Crippen molar-refractivity contribution in [2.75, 3.05) is 17.1 Å². The number of rotatable bonds is 11. The minimum Gasteiger partial charge on any atom is -0.352 e. The van der Waals surface area contributed by atoms with Gasteiger partial charge in [-0.3, -0.25) is 13.9 Å². The first-order chi connectivity index (χ1) is 19.9. The van der Waals surface area contributed by atoms with Crippen molar-refractivity contribution < 1.29 is 22.4 Å². The second-order valence-corrected chi connectivity index (χ2v) is 15.2. The van der Waals surface area contributed by atoms with Crippen LogP contribution in [0.5, 0.6) is 0 Å². The van der Waals surface area contributed by atoms with Crippen LogP contribution in [-0.4, -0.2) is 50.0 Å². The summed E-state index contributed by atoms with van der Waals surface area (Å²) < 4.78 is 40.8. The maximum absolute atomic E-state index is 13.9. The lowest BCUT2D eigenvalue weighted by atomic mass is 9.48. The average Bonchev–Trinajstić information content (AvgIpc) is 2.91. The molecule has 0 spiro atoms. The number of carbonyl (C=O) groups is 2. The topological polar surface area (TPSA) is 86.8 Å². The van der Waals surface area contributed by atoms with Crippen molar-refractivity contribution in [3.05, 3.63) is 65.5 Å². The summed E-state index contributed by atoms with van der Waals surface area (Å²) in [6, 6.07) is 12.6. The van der Waals surface area contributed by atoms with Crippen LogP contribution in [0, 0.1) is 23.6 Å². The van der Waals surface area contributed by atoms with Crippen LogP contribution in [-0.2, 0) is 31.6 Å². The Balaban J connectivity index is 1.40. The first-order valence-corrected chi connectivity index (χ1v) is 17.1. The average molecular weight is 598 g/mol. The highest BCUT2D eigenvalue weighted by Crippen LogP contribution is 2.60. The van der Waals surface area contributed by atoms with E-state index in [9.17, 15) is 22.4 Å². The van der Waals surface area contributed by atoms with Gasteiger partial charge in [0.15, 0.2) is 0 Å². The van der Waals surface area contributed by atoms with E-state index in [1.165, 1.54) is 61.1 Å². The smallest absolute Gasteiger partial charge is 0.244 e. The van der Waals surface area contributed by atoms with Gasteiger partial charge in [0, 0.05) is 12.6 Å². The molecule has 9 heteroatoms. The zero-order valence-corrected chi connectivity index (χ0v) is 26.0. The van der Waals surface area contributed by atoms with Gasteiger partial charge in [-0.25, -0.2) is 12.8 Å². The number of hydrogen-bond acceptors (Lipinski definition) is 4. The van der Waals surface area contributed by atoms with E-state index in [2.05, 4.69) is 17.4 Å². The number of nitrogens with one attached hydrogen (secondary N) is 1. The van der Waals surface area contributed by atoms with E-state index < -0.39 is 34.3 Å². The van der Waals surface area contributed by atoms with Gasteiger partial charge in [0.2, 0.25) is 21.8 Å². The molecule has 4 saturated carbocycles. The minimum atomic E-state index is -3.82. The van der Waals surface area contributed by atoms with Crippen LogP contribution in [0.3, 0.4) is 0 Å². The van der Waals surface area contributed by atoms with E-state index in [1.807, 2.05) is 32.9 Å². The molecule has 1 N–H and O–H groups in total. The SMILES string of the molecule is CCC(C(=O)NC(C)C)N(Cc1ccc(F)cc1)C(=O)CN(c1ccc(C23CC4CC(CC(C4)C2)C3)cc1)S(C)(=O)=O. The van der Waals surface area contributed by atoms with Crippen molar-refractivity contribution in [2.24, 2.45) is 17.8 Å². The molecule has 0 heterocycles. The molecule has 6 rings (SSSR count). The van der Waals surface area contributed by atoms with Crippen molar-refractivity contribution in [3.8, 4) is 0 Å². The Bertz CT molecular complexity index is 1360. The molecule has 7 nitrogen and oxygen atoms in total. The molecule has 0 aromatic heterocycles. The molecule has 2 aromatic rings. The molecule has 228 valence electrons. The van der Waals surface area contributed by atoms with Crippen LogP contribution in [0.25, 0.3) is 0 Å². The van der Waals surface area contributed by atoms with Gasteiger partial charge in [-0.05, 0) is 117 Å². The molecule has 4 bridgehead atoms. The predicted octanol–water partition coefficient (Wildman–Crippen LogP) is 5.39. The number of carbonyl (C=O) groups excluding carboxylic acids is 2. The first-order valence-electron chi connectivity index (χ1n) is 15.3. The third-order valence-corrected chi connectivity index (χ3v) is 10.7. The zero-order valence-electron chi connectivity index (χ0n) is 25.2. The summed E-state index contributed by atoms with van der Waals surface area (Å²) in [5, 5.41) is 2.87. The summed E-state index contributed by atoms with van der Waals surface area (Å²) in [6.45, 7) is 5.10. The number of benzene rings is 2. The summed E-state index contributed by atoms with van der Waals surface area (Å²) in [4.78, 5) is 28.4. The lowest BCUT2D eigenvalue weighted by Crippen LogP contribution is -2.53. The normalized spacial score (nSPS) is 25.3. The van der Waals surface area contributed by atoms with E-state index >= 15 is 0 Å². The molecule has 4 aliphatic carbocycles. The number of sulfonamides is 1. The molecular formula is C33H44FN3O4S. The van der Waals surface area contributed by atoms with Gasteiger partial charge in [0.05, 0.1) is 11.9 Å². The van der Waals surface area contributed by atoms with Crippen LogP contribution in [0.2, 0.25) is 0 Å². The Morgan fingerprint density at radius 1 is 0.952 bits per heavy atom. The molecule has 2 amide bonds. The molecule has 0 radical (unpaired) electrons. The third-order valence-electron chi connectivity index (χ3n) is 9.57. The maximum atomic E-state index is 13.9. The first kappa shape index (κ1) is 30.5. The molecule has 42 heavy (non-hydrogen) atoms. The third kappa shape index (κ3) is 6.51. The molecule has 1 atom stereocenters. The summed E-state index contributed by atoms with van der Waals surface area (Å²) >= 11 is 0. The zero-order chi connectivity index (χ0) is 30.2. The highest BCUT2D eigenvalue weighted by molar-refractivity contribution is 7.92. The summed E-state index contributed by atoms with van der Waals surface area (Å²) in [7, 11) is -3.82. The number of anilines is 1. The van der Waals surface area contributed by atoms with E-state index in [-0.39, 0.29) is 23.9 Å². The number of nitrogens with zero attached hydrogens (tertiary/aromatic N) is 2.